The largest absolute Gasteiger partial charge is 0.247 e. The molecule has 208 valence electrons. The number of hydrogen-bond donors (Lipinski definition) is 0. The number of pyridine rings is 1. The van der Waals surface area contributed by atoms with Crippen LogP contribution in [0.3, 0.4) is 0 Å². The Morgan fingerprint density at radius 2 is 1.02 bits per heavy atom. The van der Waals surface area contributed by atoms with Crippen LogP contribution >= 0.6 is 0 Å². The van der Waals surface area contributed by atoms with Crippen molar-refractivity contribution in [1.29, 1.82) is 0 Å². The smallest absolute Gasteiger partial charge is 0.242 e. The van der Waals surface area contributed by atoms with Gasteiger partial charge in [-0.2, -0.15) is 0 Å². The van der Waals surface area contributed by atoms with Crippen molar-refractivity contribution in [1.82, 2.24) is 4.98 Å². The van der Waals surface area contributed by atoms with Crippen molar-refractivity contribution in [3.8, 4) is 11.3 Å². The van der Waals surface area contributed by atoms with Crippen LogP contribution in [0.2, 0.25) is 0 Å². The Bertz CT molecular complexity index is 2070. The fourth-order valence-corrected chi connectivity index (χ4v) is 7.55. The van der Waals surface area contributed by atoms with Gasteiger partial charge in [-0.1, -0.05) is 153 Å². The monoisotopic (exact) mass is 553 g/mol. The summed E-state index contributed by atoms with van der Waals surface area (Å²) >= 11 is 0. The lowest BCUT2D eigenvalue weighted by Crippen LogP contribution is -2.55. The lowest BCUT2D eigenvalue weighted by molar-refractivity contribution is 1.34. The Morgan fingerprint density at radius 3 is 1.63 bits per heavy atom. The zero-order valence-electron chi connectivity index (χ0n) is 25.9. The van der Waals surface area contributed by atoms with Gasteiger partial charge in [0.15, 0.2) is 0 Å². The summed E-state index contributed by atoms with van der Waals surface area (Å²) in [5, 5.41) is 6.19. The molecule has 0 saturated carbocycles. The lowest BCUT2D eigenvalue weighted by Gasteiger charge is -2.25. The number of aromatic nitrogens is 1. The van der Waals surface area contributed by atoms with E-state index in [1.807, 2.05) is 0 Å². The molecule has 0 aliphatic rings. The van der Waals surface area contributed by atoms with Crippen molar-refractivity contribution in [2.75, 3.05) is 0 Å². The van der Waals surface area contributed by atoms with Gasteiger partial charge in [0.05, 0.1) is 11.2 Å². The Kier molecular flexibility index (Phi) is 6.66. The van der Waals surface area contributed by atoms with E-state index in [1.54, 1.807) is 0 Å². The first-order valence-electron chi connectivity index (χ1n) is 15.3. The number of para-hydroxylation sites is 1. The molecule has 7 aromatic rings. The Labute approximate surface area is 255 Å². The van der Waals surface area contributed by atoms with Crippen LogP contribution in [-0.4, -0.2) is 11.7 Å². The van der Waals surface area contributed by atoms with Gasteiger partial charge in [-0.05, 0) is 58.4 Å². The van der Waals surface area contributed by atoms with Crippen LogP contribution in [0.25, 0.3) is 43.7 Å². The first-order chi connectivity index (χ1) is 20.8. The quantitative estimate of drug-likeness (QED) is 0.157. The molecule has 1 aromatic heterocycles. The van der Waals surface area contributed by atoms with Crippen LogP contribution in [0.1, 0.15) is 33.4 Å². The maximum Gasteiger partial charge on any atom is 0.242 e. The Hall–Kier alpha value is -4.69. The van der Waals surface area contributed by atoms with E-state index < -0.39 is 0 Å². The molecule has 2 heteroatoms. The van der Waals surface area contributed by atoms with Crippen molar-refractivity contribution in [2.24, 2.45) is 0 Å². The van der Waals surface area contributed by atoms with E-state index in [2.05, 4.69) is 151 Å². The zero-order valence-corrected chi connectivity index (χ0v) is 25.9. The molecule has 1 nitrogen and oxygen atoms in total. The van der Waals surface area contributed by atoms with E-state index in [-0.39, 0.29) is 6.71 Å². The van der Waals surface area contributed by atoms with Crippen LogP contribution in [0.4, 0.5) is 0 Å². The van der Waals surface area contributed by atoms with Gasteiger partial charge in [0.2, 0.25) is 6.71 Å². The van der Waals surface area contributed by atoms with Crippen molar-refractivity contribution in [2.45, 2.75) is 41.5 Å². The molecule has 0 aliphatic heterocycles. The maximum absolute atomic E-state index is 5.25. The first kappa shape index (κ1) is 27.2. The number of fused-ring (bicyclic) bond motifs is 5. The number of rotatable bonds is 4. The molecule has 0 bridgehead atoms. The highest BCUT2D eigenvalue weighted by Crippen LogP contribution is 2.36. The fraction of sp³-hybridized carbons (Fsp3) is 0.146. The van der Waals surface area contributed by atoms with Crippen LogP contribution < -0.4 is 16.4 Å². The third-order valence-electron chi connectivity index (χ3n) is 9.16. The minimum atomic E-state index is 0.153. The molecule has 0 amide bonds. The van der Waals surface area contributed by atoms with Gasteiger partial charge >= 0.3 is 0 Å². The van der Waals surface area contributed by atoms with Gasteiger partial charge in [0, 0.05) is 21.7 Å². The standard InChI is InChI=1S/C41H36BN/c1-25-21-27(3)39(28(4)22-25)42(40-29(5)23-26(2)24-30(40)6)33-18-15-32(16-19-33)41-36-20-17-31-11-7-8-12-34(31)38(36)35-13-9-10-14-37(35)43-41/h7-24H,1-6H3. The minimum absolute atomic E-state index is 0.153. The number of aryl methyl sites for hydroxylation is 6. The third kappa shape index (κ3) is 4.62. The number of hydrogen-bond acceptors (Lipinski definition) is 1. The van der Waals surface area contributed by atoms with Crippen molar-refractivity contribution in [3.63, 3.8) is 0 Å². The predicted octanol–water partition coefficient (Wildman–Crippen LogP) is 8.57. The second-order valence-corrected chi connectivity index (χ2v) is 12.4. The topological polar surface area (TPSA) is 12.9 Å². The number of benzene rings is 6. The van der Waals surface area contributed by atoms with E-state index in [9.17, 15) is 0 Å². The molecule has 0 saturated heterocycles. The summed E-state index contributed by atoms with van der Waals surface area (Å²) < 4.78 is 0. The molecular weight excluding hydrogens is 517 g/mol. The first-order valence-corrected chi connectivity index (χ1v) is 15.3. The van der Waals surface area contributed by atoms with E-state index in [0.717, 1.165) is 16.8 Å². The summed E-state index contributed by atoms with van der Waals surface area (Å²) in [5.41, 5.74) is 15.4. The molecular formula is C41H36BN. The molecule has 1 heterocycles. The van der Waals surface area contributed by atoms with Gasteiger partial charge in [0.1, 0.15) is 0 Å². The predicted molar refractivity (Wildman–Crippen MR) is 188 cm³/mol. The Morgan fingerprint density at radius 1 is 0.488 bits per heavy atom. The van der Waals surface area contributed by atoms with Crippen LogP contribution in [-0.2, 0) is 0 Å². The summed E-state index contributed by atoms with van der Waals surface area (Å²) in [5.74, 6) is 0. The Balaban J connectivity index is 1.45. The van der Waals surface area contributed by atoms with Gasteiger partial charge in [0.25, 0.3) is 0 Å². The normalized spacial score (nSPS) is 11.5. The van der Waals surface area contributed by atoms with Crippen molar-refractivity contribution >= 4 is 55.5 Å². The highest BCUT2D eigenvalue weighted by Gasteiger charge is 2.28. The fourth-order valence-electron chi connectivity index (χ4n) is 7.55. The van der Waals surface area contributed by atoms with Crippen LogP contribution in [0, 0.1) is 41.5 Å². The average molecular weight is 554 g/mol. The van der Waals surface area contributed by atoms with E-state index in [0.29, 0.717) is 0 Å². The summed E-state index contributed by atoms with van der Waals surface area (Å²) in [4.78, 5) is 5.25. The molecule has 0 unspecified atom stereocenters. The molecule has 43 heavy (non-hydrogen) atoms. The molecule has 7 rings (SSSR count). The van der Waals surface area contributed by atoms with E-state index >= 15 is 0 Å². The van der Waals surface area contributed by atoms with Crippen molar-refractivity contribution < 1.29 is 0 Å². The molecule has 0 aliphatic carbocycles. The summed E-state index contributed by atoms with van der Waals surface area (Å²) in [6.07, 6.45) is 0. The van der Waals surface area contributed by atoms with Gasteiger partial charge < -0.3 is 0 Å². The van der Waals surface area contributed by atoms with Gasteiger partial charge in [-0.3, -0.25) is 0 Å². The molecule has 0 atom stereocenters. The second kappa shape index (κ2) is 10.5. The molecule has 0 fully saturated rings. The van der Waals surface area contributed by atoms with Crippen LogP contribution in [0.15, 0.2) is 109 Å². The third-order valence-corrected chi connectivity index (χ3v) is 9.16. The maximum atomic E-state index is 5.25. The van der Waals surface area contributed by atoms with E-state index in [1.165, 1.54) is 76.7 Å². The average Bonchev–Trinajstić information content (AvgIpc) is 2.99. The second-order valence-electron chi connectivity index (χ2n) is 12.4. The van der Waals surface area contributed by atoms with E-state index in [4.69, 9.17) is 4.98 Å². The highest BCUT2D eigenvalue weighted by atomic mass is 14.7. The molecule has 0 N–H and O–H groups in total. The van der Waals surface area contributed by atoms with Crippen molar-refractivity contribution in [3.05, 3.63) is 143 Å². The molecule has 0 radical (unpaired) electrons. The molecule has 6 aromatic carbocycles. The highest BCUT2D eigenvalue weighted by molar-refractivity contribution is 6.96. The van der Waals surface area contributed by atoms with Gasteiger partial charge in [-0.15, -0.1) is 0 Å². The molecule has 0 spiro atoms. The lowest BCUT2D eigenvalue weighted by atomic mass is 9.34. The van der Waals surface area contributed by atoms with Gasteiger partial charge in [-0.25, -0.2) is 4.98 Å². The summed E-state index contributed by atoms with van der Waals surface area (Å²) in [7, 11) is 0. The summed E-state index contributed by atoms with van der Waals surface area (Å²) in [6, 6.07) is 40.3. The minimum Gasteiger partial charge on any atom is -0.247 e. The number of nitrogens with zero attached hydrogens (tertiary/aromatic N) is 1. The van der Waals surface area contributed by atoms with Crippen LogP contribution in [0.5, 0.6) is 0 Å². The zero-order chi connectivity index (χ0) is 29.8. The summed E-state index contributed by atoms with van der Waals surface area (Å²) in [6.45, 7) is 13.6. The SMILES string of the molecule is Cc1cc(C)c(B(c2ccc(-c3nc4ccccc4c4c3ccc3ccccc34)cc2)c2c(C)cc(C)cc2C)c(C)c1.